The van der Waals surface area contributed by atoms with Gasteiger partial charge in [-0.1, -0.05) is 19.1 Å². The largest absolute Gasteiger partial charge is 0.481 e. The number of fused-ring (bicyclic) bond motifs is 1. The second-order valence-electron chi connectivity index (χ2n) is 5.13. The molecule has 2 N–H and O–H groups in total. The number of aromatic nitrogens is 1. The lowest BCUT2D eigenvalue weighted by Gasteiger charge is -2.20. The highest BCUT2D eigenvalue weighted by atomic mass is 79.9. The summed E-state index contributed by atoms with van der Waals surface area (Å²) < 4.78 is 0.679. The quantitative estimate of drug-likeness (QED) is 0.866. The van der Waals surface area contributed by atoms with E-state index in [1.165, 1.54) is 24.9 Å². The molecule has 7 heteroatoms. The fourth-order valence-corrected chi connectivity index (χ4v) is 2.66. The highest BCUT2D eigenvalue weighted by Crippen LogP contribution is 2.24. The molecule has 6 nitrogen and oxygen atoms in total. The van der Waals surface area contributed by atoms with Crippen molar-refractivity contribution >= 4 is 38.7 Å². The van der Waals surface area contributed by atoms with Crippen molar-refractivity contribution < 1.29 is 14.7 Å². The highest BCUT2D eigenvalue weighted by molar-refractivity contribution is 9.10. The summed E-state index contributed by atoms with van der Waals surface area (Å²) in [7, 11) is 1.52. The molecule has 0 radical (unpaired) electrons. The van der Waals surface area contributed by atoms with E-state index >= 15 is 0 Å². The molecule has 1 aromatic heterocycles. The zero-order valence-electron chi connectivity index (χ0n) is 12.1. The zero-order valence-corrected chi connectivity index (χ0v) is 13.7. The first kappa shape index (κ1) is 16.2. The third kappa shape index (κ3) is 3.19. The van der Waals surface area contributed by atoms with E-state index in [1.54, 1.807) is 18.2 Å². The van der Waals surface area contributed by atoms with E-state index < -0.39 is 11.9 Å². The number of nitrogens with one attached hydrogen (secondary N) is 1. The Balaban J connectivity index is 2.46. The number of H-pyrrole nitrogens is 1. The van der Waals surface area contributed by atoms with Crippen LogP contribution in [0.1, 0.15) is 17.3 Å². The standard InChI is InChI=1S/C15H15BrN2O4/c1-8(15(21)22)7-18(2)14(20)10-6-12(19)17-13-9(10)4-3-5-11(13)16/h3-6,8H,7H2,1-2H3,(H,17,19)(H,21,22). The van der Waals surface area contributed by atoms with Crippen molar-refractivity contribution in [2.24, 2.45) is 5.92 Å². The van der Waals surface area contributed by atoms with E-state index in [0.717, 1.165) is 0 Å². The van der Waals surface area contributed by atoms with E-state index in [9.17, 15) is 14.4 Å². The van der Waals surface area contributed by atoms with Crippen molar-refractivity contribution in [1.29, 1.82) is 0 Å². The molecule has 0 bridgehead atoms. The van der Waals surface area contributed by atoms with Crippen LogP contribution >= 0.6 is 15.9 Å². The number of carboxylic acid groups (broad SMARTS) is 1. The number of amides is 1. The van der Waals surface area contributed by atoms with Crippen LogP contribution in [0.5, 0.6) is 0 Å². The molecule has 0 fully saturated rings. The van der Waals surface area contributed by atoms with Crippen LogP contribution in [-0.2, 0) is 4.79 Å². The lowest BCUT2D eigenvalue weighted by Crippen LogP contribution is -2.34. The lowest BCUT2D eigenvalue weighted by molar-refractivity contribution is -0.141. The number of rotatable bonds is 4. The normalized spacial score (nSPS) is 12.1. The molecule has 1 atom stereocenters. The lowest BCUT2D eigenvalue weighted by atomic mass is 10.1. The summed E-state index contributed by atoms with van der Waals surface area (Å²) in [4.78, 5) is 39.2. The molecule has 116 valence electrons. The van der Waals surface area contributed by atoms with Gasteiger partial charge in [-0.05, 0) is 22.0 Å². The van der Waals surface area contributed by atoms with Gasteiger partial charge in [0, 0.05) is 29.5 Å². The van der Waals surface area contributed by atoms with Crippen molar-refractivity contribution in [2.75, 3.05) is 13.6 Å². The summed E-state index contributed by atoms with van der Waals surface area (Å²) in [5.41, 5.74) is 0.403. The number of para-hydroxylation sites is 1. The van der Waals surface area contributed by atoms with Gasteiger partial charge in [0.1, 0.15) is 0 Å². The van der Waals surface area contributed by atoms with E-state index in [-0.39, 0.29) is 23.6 Å². The number of hydrogen-bond acceptors (Lipinski definition) is 3. The number of aromatic amines is 1. The van der Waals surface area contributed by atoms with Crippen LogP contribution in [0.2, 0.25) is 0 Å². The SMILES string of the molecule is CC(CN(C)C(=O)c1cc(=O)[nH]c2c(Br)cccc12)C(=O)O. The molecule has 0 saturated heterocycles. The second kappa shape index (κ2) is 6.31. The Hall–Kier alpha value is -2.15. The summed E-state index contributed by atoms with van der Waals surface area (Å²) in [5.74, 6) is -2.05. The predicted octanol–water partition coefficient (Wildman–Crippen LogP) is 2.08. The Morgan fingerprint density at radius 2 is 2.09 bits per heavy atom. The summed E-state index contributed by atoms with van der Waals surface area (Å²) in [6.45, 7) is 1.59. The van der Waals surface area contributed by atoms with Crippen LogP contribution < -0.4 is 5.56 Å². The molecule has 0 aliphatic rings. The topological polar surface area (TPSA) is 90.5 Å². The zero-order chi connectivity index (χ0) is 16.4. The van der Waals surface area contributed by atoms with Crippen LogP contribution in [0.15, 0.2) is 33.5 Å². The number of aliphatic carboxylic acids is 1. The van der Waals surface area contributed by atoms with E-state index in [1.807, 2.05) is 0 Å². The maximum atomic E-state index is 12.5. The van der Waals surface area contributed by atoms with Crippen molar-refractivity contribution in [3.05, 3.63) is 44.7 Å². The number of carbonyl (C=O) groups excluding carboxylic acids is 1. The maximum absolute atomic E-state index is 12.5. The van der Waals surface area contributed by atoms with Crippen LogP contribution in [0.25, 0.3) is 10.9 Å². The van der Waals surface area contributed by atoms with Crippen molar-refractivity contribution in [1.82, 2.24) is 9.88 Å². The van der Waals surface area contributed by atoms with Crippen LogP contribution in [-0.4, -0.2) is 40.5 Å². The number of carbonyl (C=O) groups is 2. The molecule has 2 rings (SSSR count). The molecule has 0 spiro atoms. The van der Waals surface area contributed by atoms with E-state index in [0.29, 0.717) is 15.4 Å². The van der Waals surface area contributed by atoms with Crippen LogP contribution in [0.3, 0.4) is 0 Å². The monoisotopic (exact) mass is 366 g/mol. The molecular formula is C15H15BrN2O4. The van der Waals surface area contributed by atoms with E-state index in [2.05, 4.69) is 20.9 Å². The number of halogens is 1. The third-order valence-corrected chi connectivity index (χ3v) is 4.03. The molecular weight excluding hydrogens is 352 g/mol. The van der Waals surface area contributed by atoms with Gasteiger partial charge in [0.25, 0.3) is 5.91 Å². The number of carboxylic acids is 1. The number of nitrogens with zero attached hydrogens (tertiary/aromatic N) is 1. The van der Waals surface area contributed by atoms with Crippen molar-refractivity contribution in [3.63, 3.8) is 0 Å². The van der Waals surface area contributed by atoms with Crippen molar-refractivity contribution in [2.45, 2.75) is 6.92 Å². The Morgan fingerprint density at radius 3 is 2.73 bits per heavy atom. The molecule has 1 amide bonds. The smallest absolute Gasteiger partial charge is 0.308 e. The minimum absolute atomic E-state index is 0.0659. The number of pyridine rings is 1. The number of hydrogen-bond donors (Lipinski definition) is 2. The first-order chi connectivity index (χ1) is 10.3. The van der Waals surface area contributed by atoms with Gasteiger partial charge in [0.15, 0.2) is 0 Å². The number of benzene rings is 1. The molecule has 1 unspecified atom stereocenters. The summed E-state index contributed by atoms with van der Waals surface area (Å²) in [6.07, 6.45) is 0. The third-order valence-electron chi connectivity index (χ3n) is 3.37. The van der Waals surface area contributed by atoms with Crippen LogP contribution in [0.4, 0.5) is 0 Å². The fourth-order valence-electron chi connectivity index (χ4n) is 2.20. The fraction of sp³-hybridized carbons (Fsp3) is 0.267. The first-order valence-electron chi connectivity index (χ1n) is 6.61. The second-order valence-corrected chi connectivity index (χ2v) is 5.99. The highest BCUT2D eigenvalue weighted by Gasteiger charge is 2.21. The van der Waals surface area contributed by atoms with Gasteiger partial charge in [-0.15, -0.1) is 0 Å². The maximum Gasteiger partial charge on any atom is 0.308 e. The minimum atomic E-state index is -0.974. The molecule has 0 saturated carbocycles. The van der Waals surface area contributed by atoms with Gasteiger partial charge < -0.3 is 15.0 Å². The first-order valence-corrected chi connectivity index (χ1v) is 7.40. The molecule has 22 heavy (non-hydrogen) atoms. The average Bonchev–Trinajstić information content (AvgIpc) is 2.46. The molecule has 0 aliphatic heterocycles. The Bertz CT molecular complexity index is 800. The summed E-state index contributed by atoms with van der Waals surface area (Å²) >= 11 is 3.34. The van der Waals surface area contributed by atoms with Gasteiger partial charge in [0.05, 0.1) is 17.0 Å². The molecule has 0 aliphatic carbocycles. The predicted molar refractivity (Wildman–Crippen MR) is 86.0 cm³/mol. The van der Waals surface area contributed by atoms with Crippen molar-refractivity contribution in [3.8, 4) is 0 Å². The Morgan fingerprint density at radius 1 is 1.41 bits per heavy atom. The van der Waals surface area contributed by atoms with E-state index in [4.69, 9.17) is 5.11 Å². The summed E-state index contributed by atoms with van der Waals surface area (Å²) in [5, 5.41) is 9.54. The Kier molecular flexibility index (Phi) is 4.65. The van der Waals surface area contributed by atoms with Gasteiger partial charge in [0.2, 0.25) is 5.56 Å². The molecule has 1 aromatic carbocycles. The summed E-state index contributed by atoms with van der Waals surface area (Å²) in [6, 6.07) is 6.50. The van der Waals surface area contributed by atoms with Crippen LogP contribution in [0, 0.1) is 5.92 Å². The molecule has 2 aromatic rings. The van der Waals surface area contributed by atoms with Gasteiger partial charge in [-0.25, -0.2) is 0 Å². The average molecular weight is 367 g/mol. The molecule has 1 heterocycles. The van der Waals surface area contributed by atoms with Gasteiger partial charge in [-0.2, -0.15) is 0 Å². The Labute approximate surface area is 134 Å². The minimum Gasteiger partial charge on any atom is -0.481 e. The van der Waals surface area contributed by atoms with Gasteiger partial charge >= 0.3 is 5.97 Å². The van der Waals surface area contributed by atoms with Gasteiger partial charge in [-0.3, -0.25) is 14.4 Å².